The second kappa shape index (κ2) is 10.1. The van der Waals surface area contributed by atoms with E-state index in [0.717, 1.165) is 49.4 Å². The lowest BCUT2D eigenvalue weighted by atomic mass is 10.2. The number of aromatic nitrogens is 1. The Bertz CT molecular complexity index is 453. The molecule has 1 unspecified atom stereocenters. The van der Waals surface area contributed by atoms with Crippen molar-refractivity contribution in [2.24, 2.45) is 4.99 Å². The Kier molecular flexibility index (Phi) is 8.08. The maximum atomic E-state index is 4.72. The van der Waals surface area contributed by atoms with Crippen LogP contribution < -0.4 is 10.6 Å². The minimum atomic E-state index is 0.726. The molecule has 2 heterocycles. The van der Waals surface area contributed by atoms with Gasteiger partial charge in [-0.25, -0.2) is 4.98 Å². The molecular formula is C16H28N4S2. The van der Waals surface area contributed by atoms with Crippen molar-refractivity contribution in [3.63, 3.8) is 0 Å². The Morgan fingerprint density at radius 1 is 1.41 bits per heavy atom. The van der Waals surface area contributed by atoms with Gasteiger partial charge in [0.1, 0.15) is 0 Å². The minimum Gasteiger partial charge on any atom is -0.357 e. The lowest BCUT2D eigenvalue weighted by Crippen LogP contribution is -2.38. The monoisotopic (exact) mass is 340 g/mol. The van der Waals surface area contributed by atoms with Crippen LogP contribution in [0.5, 0.6) is 0 Å². The number of unbranched alkanes of at least 4 members (excludes halogenated alkanes) is 1. The van der Waals surface area contributed by atoms with Gasteiger partial charge in [-0.3, -0.25) is 4.99 Å². The van der Waals surface area contributed by atoms with Crippen LogP contribution in [0.15, 0.2) is 10.4 Å². The molecular weight excluding hydrogens is 312 g/mol. The number of nitrogens with zero attached hydrogens (tertiary/aromatic N) is 2. The fraction of sp³-hybridized carbons (Fsp3) is 0.750. The van der Waals surface area contributed by atoms with Gasteiger partial charge in [0.2, 0.25) is 0 Å². The zero-order valence-corrected chi connectivity index (χ0v) is 15.4. The number of hydrogen-bond acceptors (Lipinski definition) is 4. The molecule has 1 atom stereocenters. The molecule has 0 radical (unpaired) electrons. The van der Waals surface area contributed by atoms with E-state index in [1.807, 2.05) is 0 Å². The summed E-state index contributed by atoms with van der Waals surface area (Å²) < 4.78 is 0. The summed E-state index contributed by atoms with van der Waals surface area (Å²) in [5, 5.41) is 10.9. The third-order valence-corrected chi connectivity index (χ3v) is 6.00. The fourth-order valence-electron chi connectivity index (χ4n) is 2.45. The maximum Gasteiger partial charge on any atom is 0.191 e. The Balaban J connectivity index is 1.61. The Labute approximate surface area is 142 Å². The van der Waals surface area contributed by atoms with Gasteiger partial charge < -0.3 is 10.6 Å². The zero-order valence-electron chi connectivity index (χ0n) is 13.7. The molecule has 0 aromatic carbocycles. The second-order valence-electron chi connectivity index (χ2n) is 5.62. The molecule has 22 heavy (non-hydrogen) atoms. The first-order valence-corrected chi connectivity index (χ1v) is 10.3. The molecule has 4 nitrogen and oxygen atoms in total. The summed E-state index contributed by atoms with van der Waals surface area (Å²) in [6.07, 6.45) is 6.09. The lowest BCUT2D eigenvalue weighted by molar-refractivity contribution is 0.690. The summed E-state index contributed by atoms with van der Waals surface area (Å²) in [6, 6.07) is 0. The van der Waals surface area contributed by atoms with Crippen molar-refractivity contribution in [1.82, 2.24) is 15.6 Å². The first-order chi connectivity index (χ1) is 10.8. The first kappa shape index (κ1) is 17.6. The van der Waals surface area contributed by atoms with E-state index in [9.17, 15) is 0 Å². The molecule has 1 fully saturated rings. The number of aryl methyl sites for hydroxylation is 2. The maximum absolute atomic E-state index is 4.72. The van der Waals surface area contributed by atoms with Crippen molar-refractivity contribution in [1.29, 1.82) is 0 Å². The summed E-state index contributed by atoms with van der Waals surface area (Å²) in [5.74, 6) is 2.28. The predicted octanol–water partition coefficient (Wildman–Crippen LogP) is 3.22. The molecule has 124 valence electrons. The van der Waals surface area contributed by atoms with Crippen molar-refractivity contribution >= 4 is 29.1 Å². The number of thioether (sulfide) groups is 1. The molecule has 1 aliphatic rings. The molecule has 1 aromatic heterocycles. The van der Waals surface area contributed by atoms with Gasteiger partial charge in [0.15, 0.2) is 5.96 Å². The van der Waals surface area contributed by atoms with Crippen LogP contribution in [0.1, 0.15) is 43.3 Å². The zero-order chi connectivity index (χ0) is 15.6. The minimum absolute atomic E-state index is 0.726. The average molecular weight is 341 g/mol. The van der Waals surface area contributed by atoms with E-state index in [1.54, 1.807) is 11.3 Å². The summed E-state index contributed by atoms with van der Waals surface area (Å²) in [6.45, 7) is 7.02. The molecule has 1 aliphatic heterocycles. The van der Waals surface area contributed by atoms with Gasteiger partial charge in [-0.1, -0.05) is 0 Å². The van der Waals surface area contributed by atoms with Crippen LogP contribution in [0.3, 0.4) is 0 Å². The molecule has 0 bridgehead atoms. The van der Waals surface area contributed by atoms with E-state index >= 15 is 0 Å². The third kappa shape index (κ3) is 6.57. The van der Waals surface area contributed by atoms with Gasteiger partial charge in [0, 0.05) is 29.4 Å². The predicted molar refractivity (Wildman–Crippen MR) is 99.3 cm³/mol. The van der Waals surface area contributed by atoms with Crippen LogP contribution >= 0.6 is 23.1 Å². The lowest BCUT2D eigenvalue weighted by Gasteiger charge is -2.12. The van der Waals surface area contributed by atoms with Crippen LogP contribution in [-0.2, 0) is 6.42 Å². The SMILES string of the molecule is CCNC(=NCC1CCCS1)NCCCCc1nc(C)cs1. The third-order valence-electron chi connectivity index (χ3n) is 3.60. The number of nitrogens with one attached hydrogen (secondary N) is 2. The molecule has 2 rings (SSSR count). The molecule has 6 heteroatoms. The van der Waals surface area contributed by atoms with Gasteiger partial charge >= 0.3 is 0 Å². The van der Waals surface area contributed by atoms with Crippen molar-refractivity contribution in [2.45, 2.75) is 51.2 Å². The summed E-state index contributed by atoms with van der Waals surface area (Å²) in [7, 11) is 0. The Hall–Kier alpha value is -0.750. The highest BCUT2D eigenvalue weighted by Crippen LogP contribution is 2.25. The van der Waals surface area contributed by atoms with Crippen molar-refractivity contribution in [2.75, 3.05) is 25.4 Å². The normalized spacial score (nSPS) is 18.6. The highest BCUT2D eigenvalue weighted by Gasteiger charge is 2.14. The standard InChI is InChI=1S/C16H28N4S2/c1-3-17-16(19-11-14-7-6-10-21-14)18-9-5-4-8-15-20-13(2)12-22-15/h12,14H,3-11H2,1-2H3,(H2,17,18,19). The quantitative estimate of drug-likeness (QED) is 0.433. The number of thiazole rings is 1. The Morgan fingerprint density at radius 2 is 2.32 bits per heavy atom. The van der Waals surface area contributed by atoms with Crippen molar-refractivity contribution in [3.05, 3.63) is 16.1 Å². The molecule has 0 saturated carbocycles. The van der Waals surface area contributed by atoms with Gasteiger partial charge in [0.25, 0.3) is 0 Å². The molecule has 0 aliphatic carbocycles. The van der Waals surface area contributed by atoms with Crippen LogP contribution in [-0.4, -0.2) is 41.6 Å². The topological polar surface area (TPSA) is 49.3 Å². The van der Waals surface area contributed by atoms with E-state index in [1.165, 1.54) is 30.0 Å². The summed E-state index contributed by atoms with van der Waals surface area (Å²) >= 11 is 3.84. The van der Waals surface area contributed by atoms with Crippen LogP contribution in [0.25, 0.3) is 0 Å². The van der Waals surface area contributed by atoms with Gasteiger partial charge in [0.05, 0.1) is 11.6 Å². The van der Waals surface area contributed by atoms with Crippen molar-refractivity contribution in [3.8, 4) is 0 Å². The number of hydrogen-bond donors (Lipinski definition) is 2. The van der Waals surface area contributed by atoms with E-state index in [2.05, 4.69) is 46.6 Å². The fourth-order valence-corrected chi connectivity index (χ4v) is 4.45. The first-order valence-electron chi connectivity index (χ1n) is 8.32. The van der Waals surface area contributed by atoms with Crippen LogP contribution in [0, 0.1) is 6.92 Å². The summed E-state index contributed by atoms with van der Waals surface area (Å²) in [5.41, 5.74) is 1.14. The van der Waals surface area contributed by atoms with E-state index in [-0.39, 0.29) is 0 Å². The van der Waals surface area contributed by atoms with Gasteiger partial charge in [-0.15, -0.1) is 11.3 Å². The summed E-state index contributed by atoms with van der Waals surface area (Å²) in [4.78, 5) is 9.22. The van der Waals surface area contributed by atoms with Crippen molar-refractivity contribution < 1.29 is 0 Å². The number of guanidine groups is 1. The van der Waals surface area contributed by atoms with Crippen LogP contribution in [0.4, 0.5) is 0 Å². The molecule has 1 aromatic rings. The van der Waals surface area contributed by atoms with Gasteiger partial charge in [-0.2, -0.15) is 11.8 Å². The molecule has 2 N–H and O–H groups in total. The van der Waals surface area contributed by atoms with Gasteiger partial charge in [-0.05, 0) is 51.7 Å². The van der Waals surface area contributed by atoms with E-state index in [0.29, 0.717) is 0 Å². The highest BCUT2D eigenvalue weighted by atomic mass is 32.2. The average Bonchev–Trinajstić information content (AvgIpc) is 3.16. The second-order valence-corrected chi connectivity index (χ2v) is 7.97. The molecule has 0 spiro atoms. The number of aliphatic imine (C=N–C) groups is 1. The van der Waals surface area contributed by atoms with E-state index < -0.39 is 0 Å². The Morgan fingerprint density at radius 3 is 3.00 bits per heavy atom. The molecule has 1 saturated heterocycles. The highest BCUT2D eigenvalue weighted by molar-refractivity contribution is 8.00. The smallest absolute Gasteiger partial charge is 0.191 e. The molecule has 0 amide bonds. The van der Waals surface area contributed by atoms with E-state index in [4.69, 9.17) is 4.99 Å². The van der Waals surface area contributed by atoms with Crippen LogP contribution in [0.2, 0.25) is 0 Å². The largest absolute Gasteiger partial charge is 0.357 e. The number of rotatable bonds is 8.